The zero-order valence-corrected chi connectivity index (χ0v) is 21.8. The Morgan fingerprint density at radius 2 is 2.03 bits per heavy atom. The Morgan fingerprint density at radius 3 is 2.63 bits per heavy atom. The number of ether oxygens (including phenoxy) is 1. The minimum absolute atomic E-state index is 0.0511. The molecule has 2 fully saturated rings. The van der Waals surface area contributed by atoms with Crippen LogP contribution in [0.15, 0.2) is 24.4 Å². The zero-order valence-electron chi connectivity index (χ0n) is 21.0. The van der Waals surface area contributed by atoms with Gasteiger partial charge in [0.1, 0.15) is 23.3 Å². The van der Waals surface area contributed by atoms with Crippen molar-refractivity contribution < 1.29 is 9.53 Å². The lowest BCUT2D eigenvalue weighted by molar-refractivity contribution is 0.00878. The third-order valence-electron chi connectivity index (χ3n) is 6.22. The Labute approximate surface area is 212 Å². The van der Waals surface area contributed by atoms with Crippen LogP contribution >= 0.6 is 11.6 Å². The number of halogens is 1. The Kier molecular flexibility index (Phi) is 7.09. The van der Waals surface area contributed by atoms with Crippen molar-refractivity contribution in [3.8, 4) is 6.07 Å². The maximum absolute atomic E-state index is 12.9. The third-order valence-corrected chi connectivity index (χ3v) is 6.45. The van der Waals surface area contributed by atoms with Gasteiger partial charge in [-0.05, 0) is 57.7 Å². The molecule has 2 aromatic rings. The highest BCUT2D eigenvalue weighted by Gasteiger charge is 2.37. The van der Waals surface area contributed by atoms with Crippen molar-refractivity contribution >= 4 is 35.0 Å². The van der Waals surface area contributed by atoms with Crippen molar-refractivity contribution in [3.05, 3.63) is 40.7 Å². The van der Waals surface area contributed by atoms with Gasteiger partial charge in [0.2, 0.25) is 0 Å². The SMILES string of the molecule is CC(C)[C@@H]1CN(c2nc(C3CC3)c(Nc3cc(Cl)ccn3)cc2C#N)CCN1C(=O)OC(C)(C)C. The lowest BCUT2D eigenvalue weighted by Crippen LogP contribution is -2.58. The van der Waals surface area contributed by atoms with Gasteiger partial charge in [0.25, 0.3) is 0 Å². The predicted octanol–water partition coefficient (Wildman–Crippen LogP) is 5.70. The van der Waals surface area contributed by atoms with Crippen LogP contribution in [0.2, 0.25) is 5.02 Å². The smallest absolute Gasteiger partial charge is 0.410 e. The molecular weight excluding hydrogens is 464 g/mol. The van der Waals surface area contributed by atoms with Crippen molar-refractivity contribution in [2.45, 2.75) is 65.0 Å². The molecule has 2 aliphatic rings. The van der Waals surface area contributed by atoms with Gasteiger partial charge in [0, 0.05) is 36.8 Å². The zero-order chi connectivity index (χ0) is 25.3. The number of rotatable bonds is 5. The lowest BCUT2D eigenvalue weighted by atomic mass is 9.99. The number of aromatic nitrogens is 2. The topological polar surface area (TPSA) is 94.4 Å². The first-order chi connectivity index (χ1) is 16.6. The summed E-state index contributed by atoms with van der Waals surface area (Å²) in [6.45, 7) is 11.5. The summed E-state index contributed by atoms with van der Waals surface area (Å²) in [4.78, 5) is 26.2. The van der Waals surface area contributed by atoms with Gasteiger partial charge < -0.3 is 19.9 Å². The van der Waals surface area contributed by atoms with E-state index in [4.69, 9.17) is 21.3 Å². The van der Waals surface area contributed by atoms with Crippen molar-refractivity contribution in [1.29, 1.82) is 5.26 Å². The minimum Gasteiger partial charge on any atom is -0.444 e. The molecule has 1 saturated carbocycles. The average Bonchev–Trinajstić information content (AvgIpc) is 3.62. The molecule has 8 nitrogen and oxygen atoms in total. The summed E-state index contributed by atoms with van der Waals surface area (Å²) in [5.41, 5.74) is 1.67. The second-order valence-electron chi connectivity index (χ2n) is 10.6. The summed E-state index contributed by atoms with van der Waals surface area (Å²) in [5.74, 6) is 1.86. The van der Waals surface area contributed by atoms with Crippen molar-refractivity contribution in [2.24, 2.45) is 5.92 Å². The number of pyridine rings is 2. The molecule has 1 N–H and O–H groups in total. The van der Waals surface area contributed by atoms with Crippen LogP contribution in [0, 0.1) is 17.2 Å². The summed E-state index contributed by atoms with van der Waals surface area (Å²) in [5, 5.41) is 13.9. The molecule has 1 atom stereocenters. The van der Waals surface area contributed by atoms with E-state index >= 15 is 0 Å². The largest absolute Gasteiger partial charge is 0.444 e. The third kappa shape index (κ3) is 5.96. The van der Waals surface area contributed by atoms with E-state index in [1.54, 1.807) is 18.3 Å². The van der Waals surface area contributed by atoms with E-state index in [1.165, 1.54) is 0 Å². The maximum atomic E-state index is 12.9. The summed E-state index contributed by atoms with van der Waals surface area (Å²) >= 11 is 6.13. The number of carbonyl (C=O) groups is 1. The summed E-state index contributed by atoms with van der Waals surface area (Å²) in [7, 11) is 0. The Hall–Kier alpha value is -3.05. The van der Waals surface area contributed by atoms with E-state index in [2.05, 4.69) is 35.1 Å². The number of anilines is 3. The van der Waals surface area contributed by atoms with Crippen molar-refractivity contribution in [2.75, 3.05) is 29.9 Å². The molecule has 186 valence electrons. The highest BCUT2D eigenvalue weighted by molar-refractivity contribution is 6.30. The molecule has 0 unspecified atom stereocenters. The van der Waals surface area contributed by atoms with Crippen LogP contribution in [-0.2, 0) is 4.74 Å². The number of nitrogens with one attached hydrogen (secondary N) is 1. The first-order valence-electron chi connectivity index (χ1n) is 12.1. The molecule has 1 aliphatic carbocycles. The van der Waals surface area contributed by atoms with Gasteiger partial charge in [-0.25, -0.2) is 14.8 Å². The van der Waals surface area contributed by atoms with Crippen LogP contribution in [0.1, 0.15) is 64.6 Å². The molecule has 35 heavy (non-hydrogen) atoms. The van der Waals surface area contributed by atoms with Crippen LogP contribution in [-0.4, -0.2) is 52.2 Å². The molecule has 0 bridgehead atoms. The minimum atomic E-state index is -0.550. The highest BCUT2D eigenvalue weighted by atomic mass is 35.5. The van der Waals surface area contributed by atoms with Gasteiger partial charge in [-0.3, -0.25) is 0 Å². The number of hydrogen-bond donors (Lipinski definition) is 1. The molecule has 2 aromatic heterocycles. The van der Waals surface area contributed by atoms with Gasteiger partial charge in [0.05, 0.1) is 23.0 Å². The Balaban J connectivity index is 1.62. The molecule has 1 aliphatic heterocycles. The number of hydrogen-bond acceptors (Lipinski definition) is 7. The van der Waals surface area contributed by atoms with Crippen molar-refractivity contribution in [1.82, 2.24) is 14.9 Å². The number of nitriles is 1. The molecule has 0 spiro atoms. The summed E-state index contributed by atoms with van der Waals surface area (Å²) < 4.78 is 5.66. The first-order valence-corrected chi connectivity index (χ1v) is 12.5. The first kappa shape index (κ1) is 25.1. The normalized spacial score (nSPS) is 18.4. The van der Waals surface area contributed by atoms with Crippen LogP contribution in [0.25, 0.3) is 0 Å². The quantitative estimate of drug-likeness (QED) is 0.566. The fourth-order valence-corrected chi connectivity index (χ4v) is 4.50. The molecule has 1 amide bonds. The second kappa shape index (κ2) is 9.90. The maximum Gasteiger partial charge on any atom is 0.410 e. The Morgan fingerprint density at radius 1 is 1.29 bits per heavy atom. The van der Waals surface area contributed by atoms with Gasteiger partial charge >= 0.3 is 6.09 Å². The molecule has 1 saturated heterocycles. The monoisotopic (exact) mass is 496 g/mol. The lowest BCUT2D eigenvalue weighted by Gasteiger charge is -2.44. The fourth-order valence-electron chi connectivity index (χ4n) is 4.34. The number of nitrogens with zero attached hydrogens (tertiary/aromatic N) is 5. The molecule has 4 rings (SSSR count). The molecule has 9 heteroatoms. The van der Waals surface area contributed by atoms with E-state index in [1.807, 2.05) is 31.7 Å². The fraction of sp³-hybridized carbons (Fsp3) is 0.538. The van der Waals surface area contributed by atoms with E-state index < -0.39 is 5.60 Å². The van der Waals surface area contributed by atoms with Crippen LogP contribution in [0.4, 0.5) is 22.1 Å². The number of piperazine rings is 1. The van der Waals surface area contributed by atoms with Crippen LogP contribution < -0.4 is 10.2 Å². The standard InChI is InChI=1S/C26H33ClN6O2/c1-16(2)21-15-32(10-11-33(21)25(34)35-26(3,4)5)24-18(14-28)12-20(23(31-24)17-6-7-17)30-22-13-19(27)8-9-29-22/h8-9,12-13,16-17,21H,6-7,10-11,15H2,1-5H3,(H,29,30)/t21-/m0/s1. The van der Waals surface area contributed by atoms with Gasteiger partial charge in [-0.2, -0.15) is 5.26 Å². The van der Waals surface area contributed by atoms with E-state index in [9.17, 15) is 10.1 Å². The molecule has 0 aromatic carbocycles. The van der Waals surface area contributed by atoms with E-state index in [-0.39, 0.29) is 18.1 Å². The van der Waals surface area contributed by atoms with E-state index in [0.29, 0.717) is 47.8 Å². The van der Waals surface area contributed by atoms with Gasteiger partial charge in [0.15, 0.2) is 0 Å². The predicted molar refractivity (Wildman–Crippen MR) is 137 cm³/mol. The Bertz CT molecular complexity index is 1140. The van der Waals surface area contributed by atoms with Gasteiger partial charge in [-0.1, -0.05) is 25.4 Å². The molecule has 3 heterocycles. The highest BCUT2D eigenvalue weighted by Crippen LogP contribution is 2.44. The summed E-state index contributed by atoms with van der Waals surface area (Å²) in [6, 6.07) is 7.62. The van der Waals surface area contributed by atoms with Gasteiger partial charge in [-0.15, -0.1) is 0 Å². The number of carbonyl (C=O) groups excluding carboxylic acids is 1. The molecular formula is C26H33ClN6O2. The van der Waals surface area contributed by atoms with Crippen LogP contribution in [0.3, 0.4) is 0 Å². The molecule has 0 radical (unpaired) electrons. The second-order valence-corrected chi connectivity index (χ2v) is 11.0. The van der Waals surface area contributed by atoms with Crippen LogP contribution in [0.5, 0.6) is 0 Å². The summed E-state index contributed by atoms with van der Waals surface area (Å²) in [6.07, 6.45) is 3.48. The van der Waals surface area contributed by atoms with Crippen molar-refractivity contribution in [3.63, 3.8) is 0 Å². The number of amides is 1. The van der Waals surface area contributed by atoms with E-state index in [0.717, 1.165) is 24.2 Å². The average molecular weight is 497 g/mol.